The molecule has 1 aliphatic rings. The molecule has 1 saturated heterocycles. The molecule has 1 aromatic rings. The summed E-state index contributed by atoms with van der Waals surface area (Å²) in [6.07, 6.45) is 3.79. The average molecular weight is 295 g/mol. The van der Waals surface area contributed by atoms with Crippen LogP contribution in [0.1, 0.15) is 70.4 Å². The Morgan fingerprint density at radius 2 is 1.95 bits per heavy atom. The van der Waals surface area contributed by atoms with Gasteiger partial charge in [0.2, 0.25) is 0 Å². The molecule has 4 heteroatoms. The topological polar surface area (TPSA) is 28.2 Å². The van der Waals surface area contributed by atoms with Crippen LogP contribution in [0.15, 0.2) is 0 Å². The van der Waals surface area contributed by atoms with Gasteiger partial charge in [0.25, 0.3) is 0 Å². The predicted molar refractivity (Wildman–Crippen MR) is 88.9 cm³/mol. The van der Waals surface area contributed by atoms with Crippen molar-refractivity contribution >= 4 is 16.5 Å². The molecule has 2 heterocycles. The quantitative estimate of drug-likeness (QED) is 0.884. The molecule has 0 aromatic carbocycles. The molecule has 0 aliphatic carbocycles. The molecule has 0 radical (unpaired) electrons. The maximum absolute atomic E-state index is 4.97. The molecular formula is C16H29N3S. The molecule has 0 spiro atoms. The normalized spacial score (nSPS) is 17.8. The van der Waals surface area contributed by atoms with Gasteiger partial charge in [-0.1, -0.05) is 13.8 Å². The Balaban J connectivity index is 2.18. The summed E-state index contributed by atoms with van der Waals surface area (Å²) in [5.74, 6) is 0.555. The third-order valence-electron chi connectivity index (χ3n) is 3.95. The summed E-state index contributed by atoms with van der Waals surface area (Å²) in [5, 5.41) is 4.85. The summed E-state index contributed by atoms with van der Waals surface area (Å²) in [4.78, 5) is 8.85. The number of rotatable bonds is 5. The highest BCUT2D eigenvalue weighted by atomic mass is 32.1. The lowest BCUT2D eigenvalue weighted by molar-refractivity contribution is 0.424. The molecule has 1 unspecified atom stereocenters. The van der Waals surface area contributed by atoms with Gasteiger partial charge in [0.15, 0.2) is 5.13 Å². The molecule has 1 aliphatic heterocycles. The first-order valence-corrected chi connectivity index (χ1v) is 8.72. The first-order valence-electron chi connectivity index (χ1n) is 7.90. The fraction of sp³-hybridized carbons (Fsp3) is 0.812. The number of aromatic nitrogens is 1. The summed E-state index contributed by atoms with van der Waals surface area (Å²) >= 11 is 1.89. The van der Waals surface area contributed by atoms with Crippen LogP contribution in [-0.4, -0.2) is 23.6 Å². The van der Waals surface area contributed by atoms with Gasteiger partial charge < -0.3 is 10.2 Å². The Morgan fingerprint density at radius 1 is 1.30 bits per heavy atom. The van der Waals surface area contributed by atoms with Crippen LogP contribution in [0.3, 0.4) is 0 Å². The maximum atomic E-state index is 4.97. The van der Waals surface area contributed by atoms with Crippen LogP contribution < -0.4 is 10.2 Å². The van der Waals surface area contributed by atoms with Crippen molar-refractivity contribution < 1.29 is 0 Å². The number of hydrogen-bond donors (Lipinski definition) is 1. The van der Waals surface area contributed by atoms with Crippen LogP contribution >= 0.6 is 11.3 Å². The smallest absolute Gasteiger partial charge is 0.185 e. The summed E-state index contributed by atoms with van der Waals surface area (Å²) < 4.78 is 0. The summed E-state index contributed by atoms with van der Waals surface area (Å²) in [7, 11) is 0. The highest BCUT2D eigenvalue weighted by Crippen LogP contribution is 2.33. The SMILES string of the molecule is CCC(C)c1nc(N2CCCC2)sc1CNC(C)(C)C. The van der Waals surface area contributed by atoms with E-state index in [1.165, 1.54) is 41.6 Å². The maximum Gasteiger partial charge on any atom is 0.185 e. The lowest BCUT2D eigenvalue weighted by atomic mass is 10.0. The van der Waals surface area contributed by atoms with E-state index in [4.69, 9.17) is 4.98 Å². The lowest BCUT2D eigenvalue weighted by Crippen LogP contribution is -2.35. The third kappa shape index (κ3) is 3.95. The zero-order valence-electron chi connectivity index (χ0n) is 13.6. The van der Waals surface area contributed by atoms with Crippen LogP contribution in [0.4, 0.5) is 5.13 Å². The minimum absolute atomic E-state index is 0.157. The van der Waals surface area contributed by atoms with Gasteiger partial charge in [-0.3, -0.25) is 0 Å². The average Bonchev–Trinajstić information content (AvgIpc) is 3.03. The van der Waals surface area contributed by atoms with Crippen molar-refractivity contribution in [3.63, 3.8) is 0 Å². The Labute approximate surface area is 127 Å². The van der Waals surface area contributed by atoms with E-state index < -0.39 is 0 Å². The zero-order chi connectivity index (χ0) is 14.8. The monoisotopic (exact) mass is 295 g/mol. The lowest BCUT2D eigenvalue weighted by Gasteiger charge is -2.20. The molecule has 20 heavy (non-hydrogen) atoms. The van der Waals surface area contributed by atoms with Crippen molar-refractivity contribution in [2.45, 2.75) is 71.9 Å². The zero-order valence-corrected chi connectivity index (χ0v) is 14.4. The van der Waals surface area contributed by atoms with Crippen LogP contribution in [0.5, 0.6) is 0 Å². The Bertz CT molecular complexity index is 427. The van der Waals surface area contributed by atoms with Crippen LogP contribution in [0.2, 0.25) is 0 Å². The standard InChI is InChI=1S/C16H29N3S/c1-6-12(2)14-13(11-17-16(3,4)5)20-15(18-14)19-9-7-8-10-19/h12,17H,6-11H2,1-5H3. The van der Waals surface area contributed by atoms with Gasteiger partial charge in [-0.25, -0.2) is 4.98 Å². The first-order chi connectivity index (χ1) is 9.40. The molecule has 1 N–H and O–H groups in total. The third-order valence-corrected chi connectivity index (χ3v) is 5.08. The second-order valence-corrected chi connectivity index (χ2v) is 7.97. The van der Waals surface area contributed by atoms with Crippen LogP contribution in [-0.2, 0) is 6.54 Å². The van der Waals surface area contributed by atoms with E-state index in [1.807, 2.05) is 11.3 Å². The molecule has 1 atom stereocenters. The van der Waals surface area contributed by atoms with E-state index in [0.717, 1.165) is 13.0 Å². The van der Waals surface area contributed by atoms with E-state index in [2.05, 4.69) is 44.8 Å². The van der Waals surface area contributed by atoms with E-state index in [0.29, 0.717) is 5.92 Å². The number of nitrogens with zero attached hydrogens (tertiary/aromatic N) is 2. The molecule has 2 rings (SSSR count). The minimum Gasteiger partial charge on any atom is -0.348 e. The molecule has 0 bridgehead atoms. The molecule has 3 nitrogen and oxygen atoms in total. The molecule has 114 valence electrons. The molecule has 0 amide bonds. The van der Waals surface area contributed by atoms with Gasteiger partial charge >= 0.3 is 0 Å². The number of nitrogens with one attached hydrogen (secondary N) is 1. The molecule has 1 aromatic heterocycles. The Morgan fingerprint density at radius 3 is 2.50 bits per heavy atom. The Kier molecular flexibility index (Phi) is 5.08. The largest absolute Gasteiger partial charge is 0.348 e. The second-order valence-electron chi connectivity index (χ2n) is 6.91. The van der Waals surface area contributed by atoms with E-state index in [1.54, 1.807) is 0 Å². The summed E-state index contributed by atoms with van der Waals surface area (Å²) in [6, 6.07) is 0. The van der Waals surface area contributed by atoms with Gasteiger partial charge in [0.05, 0.1) is 5.69 Å². The number of thiazole rings is 1. The highest BCUT2D eigenvalue weighted by molar-refractivity contribution is 7.15. The van der Waals surface area contributed by atoms with Crippen molar-refractivity contribution in [1.29, 1.82) is 0 Å². The fourth-order valence-electron chi connectivity index (χ4n) is 2.44. The van der Waals surface area contributed by atoms with Crippen LogP contribution in [0.25, 0.3) is 0 Å². The Hall–Kier alpha value is -0.610. The van der Waals surface area contributed by atoms with Gasteiger partial charge in [0, 0.05) is 30.1 Å². The second kappa shape index (κ2) is 6.44. The fourth-order valence-corrected chi connectivity index (χ4v) is 3.62. The van der Waals surface area contributed by atoms with Gasteiger partial charge in [-0.2, -0.15) is 0 Å². The van der Waals surface area contributed by atoms with E-state index in [-0.39, 0.29) is 5.54 Å². The van der Waals surface area contributed by atoms with Crippen molar-refractivity contribution in [3.05, 3.63) is 10.6 Å². The van der Waals surface area contributed by atoms with Gasteiger partial charge in [-0.05, 0) is 46.0 Å². The number of anilines is 1. The predicted octanol–water partition coefficient (Wildman–Crippen LogP) is 4.14. The first kappa shape index (κ1) is 15.8. The van der Waals surface area contributed by atoms with Gasteiger partial charge in [0.1, 0.15) is 0 Å². The summed E-state index contributed by atoms with van der Waals surface area (Å²) in [6.45, 7) is 14.5. The van der Waals surface area contributed by atoms with Crippen molar-refractivity contribution in [1.82, 2.24) is 10.3 Å². The van der Waals surface area contributed by atoms with Crippen LogP contribution in [0, 0.1) is 0 Å². The van der Waals surface area contributed by atoms with E-state index >= 15 is 0 Å². The molecule has 1 fully saturated rings. The highest BCUT2D eigenvalue weighted by Gasteiger charge is 2.22. The van der Waals surface area contributed by atoms with E-state index in [9.17, 15) is 0 Å². The van der Waals surface area contributed by atoms with Crippen molar-refractivity contribution in [2.24, 2.45) is 0 Å². The van der Waals surface area contributed by atoms with Gasteiger partial charge in [-0.15, -0.1) is 11.3 Å². The van der Waals surface area contributed by atoms with Crippen molar-refractivity contribution in [3.8, 4) is 0 Å². The molecule has 0 saturated carbocycles. The minimum atomic E-state index is 0.157. The summed E-state index contributed by atoms with van der Waals surface area (Å²) in [5.41, 5.74) is 1.47. The molecular weight excluding hydrogens is 266 g/mol. The number of hydrogen-bond acceptors (Lipinski definition) is 4. The van der Waals surface area contributed by atoms with Crippen molar-refractivity contribution in [2.75, 3.05) is 18.0 Å².